The minimum absolute atomic E-state index is 0. The number of aliphatic hydroxyl groups is 1. The third-order valence-corrected chi connectivity index (χ3v) is 4.42. The number of likely N-dealkylation sites (tertiary alicyclic amines) is 1. The van der Waals surface area contributed by atoms with E-state index in [1.807, 2.05) is 30.3 Å². The van der Waals surface area contributed by atoms with Gasteiger partial charge in [0.1, 0.15) is 11.5 Å². The number of ether oxygens (including phenoxy) is 2. The monoisotopic (exact) mass is 337 g/mol. The summed E-state index contributed by atoms with van der Waals surface area (Å²) in [5, 5.41) is 12.6. The van der Waals surface area contributed by atoms with Crippen LogP contribution in [-0.4, -0.2) is 43.9 Å². The van der Waals surface area contributed by atoms with Gasteiger partial charge in [0.2, 0.25) is 0 Å². The van der Waals surface area contributed by atoms with Gasteiger partial charge in [-0.15, -0.1) is 12.4 Å². The molecule has 1 aliphatic heterocycles. The van der Waals surface area contributed by atoms with Crippen LogP contribution < -0.4 is 9.47 Å². The number of β-amino-alcohol motifs (C(OH)–C–C–N with tert-alkyl or cyclic N) is 1. The highest BCUT2D eigenvalue weighted by Gasteiger charge is 2.21. The molecule has 1 fully saturated rings. The molecule has 126 valence electrons. The maximum Gasteiger partial charge on any atom is 0.127 e. The topological polar surface area (TPSA) is 41.9 Å². The summed E-state index contributed by atoms with van der Waals surface area (Å²) in [6.45, 7) is 2.81. The third-order valence-electron chi connectivity index (χ3n) is 4.42. The lowest BCUT2D eigenvalue weighted by Gasteiger charge is -2.22. The summed E-state index contributed by atoms with van der Waals surface area (Å²) in [6.07, 6.45) is 1.92. The molecule has 0 aromatic heterocycles. The van der Waals surface area contributed by atoms with E-state index in [0.29, 0.717) is 6.54 Å². The minimum Gasteiger partial charge on any atom is -0.496 e. The molecular weight excluding hydrogens is 314 g/mol. The number of aliphatic hydroxyl groups excluding tert-OH is 1. The summed E-state index contributed by atoms with van der Waals surface area (Å²) >= 11 is 0. The Kier molecular flexibility index (Phi) is 6.10. The molecule has 0 aliphatic carbocycles. The second-order valence-electron chi connectivity index (χ2n) is 5.76. The molecular formula is C18H24ClNO3. The van der Waals surface area contributed by atoms with E-state index in [1.54, 1.807) is 14.2 Å². The molecule has 0 amide bonds. The number of methoxy groups -OCH3 is 2. The van der Waals surface area contributed by atoms with Crippen molar-refractivity contribution in [3.05, 3.63) is 35.9 Å². The molecule has 4 nitrogen and oxygen atoms in total. The average Bonchev–Trinajstić information content (AvgIpc) is 3.06. The van der Waals surface area contributed by atoms with E-state index in [4.69, 9.17) is 9.47 Å². The van der Waals surface area contributed by atoms with Crippen LogP contribution in [-0.2, 0) is 0 Å². The fourth-order valence-corrected chi connectivity index (χ4v) is 3.31. The largest absolute Gasteiger partial charge is 0.496 e. The first-order valence-electron chi connectivity index (χ1n) is 7.78. The summed E-state index contributed by atoms with van der Waals surface area (Å²) in [7, 11) is 3.32. The molecule has 2 aromatic carbocycles. The van der Waals surface area contributed by atoms with Crippen molar-refractivity contribution in [1.29, 1.82) is 0 Å². The Morgan fingerprint density at radius 1 is 1.04 bits per heavy atom. The zero-order valence-corrected chi connectivity index (χ0v) is 14.4. The Hall–Kier alpha value is -1.49. The van der Waals surface area contributed by atoms with E-state index >= 15 is 0 Å². The minimum atomic E-state index is -0.525. The van der Waals surface area contributed by atoms with E-state index in [1.165, 1.54) is 12.8 Å². The Morgan fingerprint density at radius 3 is 2.39 bits per heavy atom. The van der Waals surface area contributed by atoms with Gasteiger partial charge in [0, 0.05) is 17.3 Å². The maximum atomic E-state index is 10.7. The van der Waals surface area contributed by atoms with Crippen LogP contribution in [0.25, 0.3) is 10.8 Å². The summed E-state index contributed by atoms with van der Waals surface area (Å²) < 4.78 is 11.0. The number of hydrogen-bond donors (Lipinski definition) is 1. The second kappa shape index (κ2) is 7.86. The highest BCUT2D eigenvalue weighted by atomic mass is 35.5. The highest BCUT2D eigenvalue weighted by molar-refractivity contribution is 5.96. The Bertz CT molecular complexity index is 656. The lowest BCUT2D eigenvalue weighted by molar-refractivity contribution is 0.127. The van der Waals surface area contributed by atoms with Crippen molar-refractivity contribution in [2.75, 3.05) is 33.9 Å². The van der Waals surface area contributed by atoms with Crippen LogP contribution in [0.3, 0.4) is 0 Å². The number of halogens is 1. The number of hydrogen-bond acceptors (Lipinski definition) is 4. The van der Waals surface area contributed by atoms with Crippen molar-refractivity contribution in [1.82, 2.24) is 4.90 Å². The van der Waals surface area contributed by atoms with Crippen molar-refractivity contribution in [2.24, 2.45) is 0 Å². The summed E-state index contributed by atoms with van der Waals surface area (Å²) in [5.41, 5.74) is 0.903. The molecule has 1 saturated heterocycles. The van der Waals surface area contributed by atoms with Crippen LogP contribution in [0.1, 0.15) is 24.5 Å². The molecule has 0 spiro atoms. The van der Waals surface area contributed by atoms with Gasteiger partial charge in [-0.25, -0.2) is 0 Å². The smallest absolute Gasteiger partial charge is 0.127 e. The van der Waals surface area contributed by atoms with E-state index < -0.39 is 6.10 Å². The van der Waals surface area contributed by atoms with Gasteiger partial charge in [0.05, 0.1) is 20.3 Å². The molecule has 0 bridgehead atoms. The van der Waals surface area contributed by atoms with E-state index in [-0.39, 0.29) is 12.4 Å². The Labute approximate surface area is 143 Å². The van der Waals surface area contributed by atoms with Crippen molar-refractivity contribution >= 4 is 23.2 Å². The van der Waals surface area contributed by atoms with Crippen LogP contribution in [0.15, 0.2) is 30.3 Å². The quantitative estimate of drug-likeness (QED) is 0.908. The summed E-state index contributed by atoms with van der Waals surface area (Å²) in [5.74, 6) is 1.57. The molecule has 0 saturated carbocycles. The zero-order chi connectivity index (χ0) is 15.5. The van der Waals surface area contributed by atoms with Gasteiger partial charge in [-0.05, 0) is 43.6 Å². The second-order valence-corrected chi connectivity index (χ2v) is 5.76. The van der Waals surface area contributed by atoms with Gasteiger partial charge in [-0.1, -0.05) is 18.2 Å². The summed E-state index contributed by atoms with van der Waals surface area (Å²) in [4.78, 5) is 2.32. The fraction of sp³-hybridized carbons (Fsp3) is 0.444. The van der Waals surface area contributed by atoms with Crippen molar-refractivity contribution in [3.8, 4) is 11.5 Å². The summed E-state index contributed by atoms with van der Waals surface area (Å²) in [6, 6.07) is 9.74. The Morgan fingerprint density at radius 2 is 1.74 bits per heavy atom. The maximum absolute atomic E-state index is 10.7. The van der Waals surface area contributed by atoms with Crippen LogP contribution in [0.2, 0.25) is 0 Å². The van der Waals surface area contributed by atoms with Crippen molar-refractivity contribution in [3.63, 3.8) is 0 Å². The average molecular weight is 338 g/mol. The first kappa shape index (κ1) is 17.9. The van der Waals surface area contributed by atoms with Gasteiger partial charge in [-0.2, -0.15) is 0 Å². The SMILES string of the molecule is COc1ccc(C(O)CN2CCCC2)c2c(OC)cccc12.Cl. The van der Waals surface area contributed by atoms with Crippen molar-refractivity contribution in [2.45, 2.75) is 18.9 Å². The van der Waals surface area contributed by atoms with Crippen LogP contribution in [0, 0.1) is 0 Å². The van der Waals surface area contributed by atoms with E-state index in [0.717, 1.165) is 40.9 Å². The van der Waals surface area contributed by atoms with E-state index in [9.17, 15) is 5.11 Å². The molecule has 0 radical (unpaired) electrons. The number of rotatable bonds is 5. The van der Waals surface area contributed by atoms with Gasteiger partial charge in [0.15, 0.2) is 0 Å². The molecule has 1 unspecified atom stereocenters. The van der Waals surface area contributed by atoms with Gasteiger partial charge >= 0.3 is 0 Å². The van der Waals surface area contributed by atoms with E-state index in [2.05, 4.69) is 4.90 Å². The van der Waals surface area contributed by atoms with Crippen LogP contribution in [0.4, 0.5) is 0 Å². The zero-order valence-electron chi connectivity index (χ0n) is 13.6. The standard InChI is InChI=1S/C18H23NO3.ClH/c1-21-16-9-8-13(15(20)12-19-10-3-4-11-19)18-14(16)6-5-7-17(18)22-2;/h5-9,15,20H,3-4,10-12H2,1-2H3;1H. The molecule has 1 atom stereocenters. The molecule has 1 heterocycles. The highest BCUT2D eigenvalue weighted by Crippen LogP contribution is 2.37. The molecule has 2 aromatic rings. The lowest BCUT2D eigenvalue weighted by Crippen LogP contribution is -2.25. The number of nitrogens with zero attached hydrogens (tertiary/aromatic N) is 1. The predicted molar refractivity (Wildman–Crippen MR) is 94.9 cm³/mol. The van der Waals surface area contributed by atoms with Gasteiger partial charge in [0.25, 0.3) is 0 Å². The number of benzene rings is 2. The first-order valence-corrected chi connectivity index (χ1v) is 7.78. The fourth-order valence-electron chi connectivity index (χ4n) is 3.31. The third kappa shape index (κ3) is 3.55. The molecule has 5 heteroatoms. The molecule has 1 aliphatic rings. The number of fused-ring (bicyclic) bond motifs is 1. The molecule has 23 heavy (non-hydrogen) atoms. The van der Waals surface area contributed by atoms with Crippen LogP contribution >= 0.6 is 12.4 Å². The first-order chi connectivity index (χ1) is 10.7. The van der Waals surface area contributed by atoms with Gasteiger partial charge < -0.3 is 19.5 Å². The van der Waals surface area contributed by atoms with Crippen molar-refractivity contribution < 1.29 is 14.6 Å². The Balaban J connectivity index is 0.00000192. The van der Waals surface area contributed by atoms with Crippen LogP contribution in [0.5, 0.6) is 11.5 Å². The normalized spacial score (nSPS) is 16.1. The molecule has 1 N–H and O–H groups in total. The predicted octanol–water partition coefficient (Wildman–Crippen LogP) is 3.41. The molecule has 3 rings (SSSR count). The lowest BCUT2D eigenvalue weighted by atomic mass is 9.98. The van der Waals surface area contributed by atoms with Gasteiger partial charge in [-0.3, -0.25) is 0 Å².